The van der Waals surface area contributed by atoms with E-state index in [1.165, 1.54) is 11.3 Å². The Morgan fingerprint density at radius 2 is 2.33 bits per heavy atom. The van der Waals surface area contributed by atoms with E-state index in [0.717, 1.165) is 21.0 Å². The highest BCUT2D eigenvalue weighted by molar-refractivity contribution is 7.20. The number of hydrogen-bond acceptors (Lipinski definition) is 5. The lowest BCUT2D eigenvalue weighted by Crippen LogP contribution is -1.91. The van der Waals surface area contributed by atoms with Gasteiger partial charge in [0.15, 0.2) is 0 Å². The van der Waals surface area contributed by atoms with Gasteiger partial charge >= 0.3 is 0 Å². The molecule has 1 aromatic heterocycles. The summed E-state index contributed by atoms with van der Waals surface area (Å²) in [6.07, 6.45) is 0. The summed E-state index contributed by atoms with van der Waals surface area (Å²) >= 11 is 1.48. The van der Waals surface area contributed by atoms with Gasteiger partial charge in [-0.15, -0.1) is 11.3 Å². The average Bonchev–Trinajstić information content (AvgIpc) is 2.70. The van der Waals surface area contributed by atoms with Gasteiger partial charge in [0.2, 0.25) is 0 Å². The fourth-order valence-electron chi connectivity index (χ4n) is 1.23. The normalized spacial score (nSPS) is 12.0. The van der Waals surface area contributed by atoms with Gasteiger partial charge in [-0.1, -0.05) is 5.16 Å². The molecule has 2 rings (SSSR count). The van der Waals surface area contributed by atoms with E-state index in [-0.39, 0.29) is 0 Å². The summed E-state index contributed by atoms with van der Waals surface area (Å²) in [7, 11) is 1.63. The number of methoxy groups -OCH3 is 1. The molecule has 4 nitrogen and oxygen atoms in total. The van der Waals surface area contributed by atoms with Gasteiger partial charge in [-0.2, -0.15) is 0 Å². The van der Waals surface area contributed by atoms with Crippen molar-refractivity contribution in [3.63, 3.8) is 0 Å². The highest BCUT2D eigenvalue weighted by atomic mass is 32.1. The number of benzene rings is 1. The molecule has 0 aliphatic rings. The van der Waals surface area contributed by atoms with Gasteiger partial charge in [0, 0.05) is 0 Å². The average molecular weight is 222 g/mol. The summed E-state index contributed by atoms with van der Waals surface area (Å²) in [5.74, 6) is 0.802. The molecule has 1 aromatic carbocycles. The molecule has 0 aliphatic heterocycles. The molecule has 78 valence electrons. The molecule has 0 bridgehead atoms. The van der Waals surface area contributed by atoms with Gasteiger partial charge < -0.3 is 9.94 Å². The number of aromatic nitrogens is 1. The lowest BCUT2D eigenvalue weighted by Gasteiger charge is -1.96. The molecule has 0 atom stereocenters. The Labute approximate surface area is 90.8 Å². The van der Waals surface area contributed by atoms with Crippen molar-refractivity contribution < 1.29 is 9.94 Å². The van der Waals surface area contributed by atoms with E-state index < -0.39 is 0 Å². The van der Waals surface area contributed by atoms with Crippen molar-refractivity contribution in [2.24, 2.45) is 5.16 Å². The zero-order valence-electron chi connectivity index (χ0n) is 8.39. The number of ether oxygens (including phenoxy) is 1. The van der Waals surface area contributed by atoms with Gasteiger partial charge in [-0.25, -0.2) is 4.98 Å². The molecule has 5 heteroatoms. The van der Waals surface area contributed by atoms with Crippen LogP contribution in [0.2, 0.25) is 0 Å². The minimum atomic E-state index is 0.523. The zero-order chi connectivity index (χ0) is 10.8. The van der Waals surface area contributed by atoms with Crippen molar-refractivity contribution in [2.75, 3.05) is 7.11 Å². The van der Waals surface area contributed by atoms with Gasteiger partial charge in [0.05, 0.1) is 17.3 Å². The predicted octanol–water partition coefficient (Wildman–Crippen LogP) is 2.50. The van der Waals surface area contributed by atoms with E-state index in [0.29, 0.717) is 5.71 Å². The van der Waals surface area contributed by atoms with E-state index in [4.69, 9.17) is 9.94 Å². The second-order valence-corrected chi connectivity index (χ2v) is 4.07. The zero-order valence-corrected chi connectivity index (χ0v) is 9.21. The molecular weight excluding hydrogens is 212 g/mol. The van der Waals surface area contributed by atoms with Gasteiger partial charge in [-0.3, -0.25) is 0 Å². The number of oxime groups is 1. The lowest BCUT2D eigenvalue weighted by atomic mass is 10.3. The topological polar surface area (TPSA) is 54.7 Å². The van der Waals surface area contributed by atoms with E-state index in [2.05, 4.69) is 10.1 Å². The largest absolute Gasteiger partial charge is 0.497 e. The van der Waals surface area contributed by atoms with Crippen molar-refractivity contribution in [2.45, 2.75) is 6.92 Å². The quantitative estimate of drug-likeness (QED) is 0.482. The first-order chi connectivity index (χ1) is 7.24. The molecule has 0 unspecified atom stereocenters. The molecule has 0 amide bonds. The third-order valence-electron chi connectivity index (χ3n) is 2.06. The van der Waals surface area contributed by atoms with Gasteiger partial charge in [0.1, 0.15) is 16.5 Å². The van der Waals surface area contributed by atoms with E-state index >= 15 is 0 Å². The van der Waals surface area contributed by atoms with Crippen molar-refractivity contribution in [1.29, 1.82) is 0 Å². The Morgan fingerprint density at radius 3 is 3.00 bits per heavy atom. The minimum absolute atomic E-state index is 0.523. The molecular formula is C10H10N2O2S. The van der Waals surface area contributed by atoms with Gasteiger partial charge in [-0.05, 0) is 25.1 Å². The smallest absolute Gasteiger partial charge is 0.142 e. The molecule has 0 spiro atoms. The molecule has 1 heterocycles. The van der Waals surface area contributed by atoms with Crippen LogP contribution in [0.5, 0.6) is 5.75 Å². The maximum absolute atomic E-state index is 8.64. The molecule has 0 saturated heterocycles. The molecule has 15 heavy (non-hydrogen) atoms. The summed E-state index contributed by atoms with van der Waals surface area (Å²) in [5.41, 5.74) is 1.41. The monoisotopic (exact) mass is 222 g/mol. The summed E-state index contributed by atoms with van der Waals surface area (Å²) in [5, 5.41) is 12.5. The lowest BCUT2D eigenvalue weighted by molar-refractivity contribution is 0.319. The van der Waals surface area contributed by atoms with Crippen LogP contribution in [0, 0.1) is 0 Å². The maximum Gasteiger partial charge on any atom is 0.142 e. The fraction of sp³-hybridized carbons (Fsp3) is 0.200. The SMILES string of the molecule is COc1ccc2nc(/C(C)=N/O)sc2c1. The van der Waals surface area contributed by atoms with Crippen molar-refractivity contribution in [3.05, 3.63) is 23.2 Å². The second kappa shape index (κ2) is 3.86. The summed E-state index contributed by atoms with van der Waals surface area (Å²) in [6.45, 7) is 1.72. The Morgan fingerprint density at radius 1 is 1.53 bits per heavy atom. The van der Waals surface area contributed by atoms with Crippen molar-refractivity contribution in [1.82, 2.24) is 4.98 Å². The Kier molecular flexibility index (Phi) is 2.55. The summed E-state index contributed by atoms with van der Waals surface area (Å²) in [4.78, 5) is 4.33. The molecule has 2 aromatic rings. The number of fused-ring (bicyclic) bond motifs is 1. The number of hydrogen-bond donors (Lipinski definition) is 1. The minimum Gasteiger partial charge on any atom is -0.497 e. The van der Waals surface area contributed by atoms with Crippen molar-refractivity contribution >= 4 is 27.3 Å². The van der Waals surface area contributed by atoms with Crippen LogP contribution < -0.4 is 4.74 Å². The molecule has 0 radical (unpaired) electrons. The molecule has 0 fully saturated rings. The Balaban J connectivity index is 2.56. The van der Waals surface area contributed by atoms with Crippen LogP contribution in [0.4, 0.5) is 0 Å². The van der Waals surface area contributed by atoms with Crippen LogP contribution in [0.3, 0.4) is 0 Å². The maximum atomic E-state index is 8.64. The van der Waals surface area contributed by atoms with Crippen LogP contribution in [0.25, 0.3) is 10.2 Å². The number of rotatable bonds is 2. The first-order valence-corrected chi connectivity index (χ1v) is 5.20. The first kappa shape index (κ1) is 9.92. The molecule has 0 saturated carbocycles. The van der Waals surface area contributed by atoms with Gasteiger partial charge in [0.25, 0.3) is 0 Å². The van der Waals surface area contributed by atoms with Crippen LogP contribution in [0.15, 0.2) is 23.4 Å². The summed E-state index contributed by atoms with van der Waals surface area (Å²) in [6, 6.07) is 5.66. The summed E-state index contributed by atoms with van der Waals surface area (Å²) < 4.78 is 6.14. The van der Waals surface area contributed by atoms with Crippen LogP contribution in [-0.2, 0) is 0 Å². The third kappa shape index (κ3) is 1.78. The molecule has 1 N–H and O–H groups in total. The number of nitrogens with zero attached hydrogens (tertiary/aromatic N) is 2. The van der Waals surface area contributed by atoms with E-state index in [9.17, 15) is 0 Å². The fourth-order valence-corrected chi connectivity index (χ4v) is 2.16. The highest BCUT2D eigenvalue weighted by Crippen LogP contribution is 2.26. The van der Waals surface area contributed by atoms with E-state index in [1.807, 2.05) is 18.2 Å². The standard InChI is InChI=1S/C10H10N2O2S/c1-6(12-13)10-11-8-4-3-7(14-2)5-9(8)15-10/h3-5,13H,1-2H3/b12-6+. The molecule has 0 aliphatic carbocycles. The first-order valence-electron chi connectivity index (χ1n) is 4.38. The van der Waals surface area contributed by atoms with Crippen molar-refractivity contribution in [3.8, 4) is 5.75 Å². The third-order valence-corrected chi connectivity index (χ3v) is 3.18. The van der Waals surface area contributed by atoms with Crippen LogP contribution in [-0.4, -0.2) is 23.0 Å². The van der Waals surface area contributed by atoms with E-state index in [1.54, 1.807) is 14.0 Å². The van der Waals surface area contributed by atoms with Crippen LogP contribution in [0.1, 0.15) is 11.9 Å². The Hall–Kier alpha value is -1.62. The highest BCUT2D eigenvalue weighted by Gasteiger charge is 2.07. The second-order valence-electron chi connectivity index (χ2n) is 3.04. The predicted molar refractivity (Wildman–Crippen MR) is 60.2 cm³/mol. The number of thiazole rings is 1. The Bertz CT molecular complexity index is 519. The van der Waals surface area contributed by atoms with Crippen LogP contribution >= 0.6 is 11.3 Å².